The molecule has 1 aromatic rings. The second-order valence-electron chi connectivity index (χ2n) is 4.34. The molecule has 0 amide bonds. The minimum atomic E-state index is 0.355. The Morgan fingerprint density at radius 1 is 1.31 bits per heavy atom. The van der Waals surface area contributed by atoms with Crippen molar-refractivity contribution in [3.8, 4) is 0 Å². The summed E-state index contributed by atoms with van der Waals surface area (Å²) in [5.41, 5.74) is 1.91. The summed E-state index contributed by atoms with van der Waals surface area (Å²) in [6, 6.07) is 0.355. The van der Waals surface area contributed by atoms with E-state index in [0.717, 1.165) is 24.5 Å². The van der Waals surface area contributed by atoms with E-state index in [4.69, 9.17) is 4.74 Å². The molecule has 1 atom stereocenters. The van der Waals surface area contributed by atoms with Crippen LogP contribution in [0.15, 0.2) is 12.4 Å². The van der Waals surface area contributed by atoms with Crippen LogP contribution >= 0.6 is 0 Å². The molecule has 0 aliphatic rings. The Morgan fingerprint density at radius 3 is 2.56 bits per heavy atom. The molecule has 0 saturated heterocycles. The molecule has 1 heterocycles. The summed E-state index contributed by atoms with van der Waals surface area (Å²) in [5, 5.41) is 3.43. The van der Waals surface area contributed by atoms with Gasteiger partial charge in [0, 0.05) is 32.1 Å². The quantitative estimate of drug-likeness (QED) is 0.794. The normalized spacial score (nSPS) is 13.1. The lowest BCUT2D eigenvalue weighted by molar-refractivity contribution is 0.146. The molecular formula is C12H21N3O. The molecule has 4 heteroatoms. The maximum Gasteiger partial charge on any atom is 0.0724 e. The lowest BCUT2D eigenvalue weighted by Crippen LogP contribution is -2.37. The molecule has 4 nitrogen and oxygen atoms in total. The van der Waals surface area contributed by atoms with Gasteiger partial charge < -0.3 is 10.1 Å². The molecule has 0 aliphatic heterocycles. The van der Waals surface area contributed by atoms with E-state index in [9.17, 15) is 0 Å². The largest absolute Gasteiger partial charge is 0.383 e. The van der Waals surface area contributed by atoms with E-state index in [1.165, 1.54) is 0 Å². The molecule has 0 aliphatic carbocycles. The van der Waals surface area contributed by atoms with Crippen LogP contribution in [0.3, 0.4) is 0 Å². The van der Waals surface area contributed by atoms with E-state index in [1.54, 1.807) is 13.3 Å². The Bertz CT molecular complexity index is 298. The van der Waals surface area contributed by atoms with Crippen molar-refractivity contribution < 1.29 is 4.74 Å². The Kier molecular flexibility index (Phi) is 5.35. The zero-order chi connectivity index (χ0) is 12.0. The van der Waals surface area contributed by atoms with Crippen LogP contribution in [0.5, 0.6) is 0 Å². The summed E-state index contributed by atoms with van der Waals surface area (Å²) in [6.07, 6.45) is 3.60. The SMILES string of the molecule is COCC(NCc1cnc(C)cn1)C(C)C. The number of aryl methyl sites for hydroxylation is 1. The molecule has 0 aromatic carbocycles. The van der Waals surface area contributed by atoms with Gasteiger partial charge >= 0.3 is 0 Å². The van der Waals surface area contributed by atoms with E-state index in [0.29, 0.717) is 12.0 Å². The molecule has 0 radical (unpaired) electrons. The third-order valence-corrected chi connectivity index (χ3v) is 2.53. The maximum atomic E-state index is 5.17. The topological polar surface area (TPSA) is 47.0 Å². The van der Waals surface area contributed by atoms with Crippen molar-refractivity contribution in [1.29, 1.82) is 0 Å². The third-order valence-electron chi connectivity index (χ3n) is 2.53. The number of methoxy groups -OCH3 is 1. The van der Waals surface area contributed by atoms with Crippen LogP contribution in [0, 0.1) is 12.8 Å². The van der Waals surface area contributed by atoms with Crippen molar-refractivity contribution in [2.45, 2.75) is 33.4 Å². The van der Waals surface area contributed by atoms with Gasteiger partial charge in [0.1, 0.15) is 0 Å². The Hall–Kier alpha value is -1.00. The van der Waals surface area contributed by atoms with Gasteiger partial charge in [0.15, 0.2) is 0 Å². The molecule has 0 saturated carbocycles. The highest BCUT2D eigenvalue weighted by molar-refractivity contribution is 5.00. The fourth-order valence-corrected chi connectivity index (χ4v) is 1.41. The Balaban J connectivity index is 2.45. The van der Waals surface area contributed by atoms with Gasteiger partial charge in [-0.1, -0.05) is 13.8 Å². The molecule has 1 rings (SSSR count). The van der Waals surface area contributed by atoms with Gasteiger partial charge in [-0.15, -0.1) is 0 Å². The van der Waals surface area contributed by atoms with E-state index < -0.39 is 0 Å². The van der Waals surface area contributed by atoms with E-state index in [2.05, 4.69) is 29.1 Å². The number of nitrogens with zero attached hydrogens (tertiary/aromatic N) is 2. The lowest BCUT2D eigenvalue weighted by atomic mass is 10.1. The van der Waals surface area contributed by atoms with E-state index in [1.807, 2.05) is 13.1 Å². The van der Waals surface area contributed by atoms with Gasteiger partial charge in [-0.2, -0.15) is 0 Å². The Labute approximate surface area is 97.5 Å². The molecule has 90 valence electrons. The Morgan fingerprint density at radius 2 is 2.06 bits per heavy atom. The van der Waals surface area contributed by atoms with Crippen LogP contribution in [0.25, 0.3) is 0 Å². The van der Waals surface area contributed by atoms with Crippen LogP contribution in [0.1, 0.15) is 25.2 Å². The minimum Gasteiger partial charge on any atom is -0.383 e. The molecular weight excluding hydrogens is 202 g/mol. The zero-order valence-electron chi connectivity index (χ0n) is 10.5. The molecule has 0 fully saturated rings. The lowest BCUT2D eigenvalue weighted by Gasteiger charge is -2.21. The summed E-state index contributed by atoms with van der Waals surface area (Å²) in [7, 11) is 1.72. The highest BCUT2D eigenvalue weighted by Gasteiger charge is 2.12. The fraction of sp³-hybridized carbons (Fsp3) is 0.667. The van der Waals surface area contributed by atoms with Gasteiger partial charge in [-0.05, 0) is 12.8 Å². The predicted molar refractivity (Wildman–Crippen MR) is 64.1 cm³/mol. The van der Waals surface area contributed by atoms with Crippen LogP contribution in [0.2, 0.25) is 0 Å². The fourth-order valence-electron chi connectivity index (χ4n) is 1.41. The van der Waals surface area contributed by atoms with Crippen LogP contribution in [-0.2, 0) is 11.3 Å². The monoisotopic (exact) mass is 223 g/mol. The highest BCUT2D eigenvalue weighted by Crippen LogP contribution is 2.03. The number of hydrogen-bond acceptors (Lipinski definition) is 4. The zero-order valence-corrected chi connectivity index (χ0v) is 10.5. The minimum absolute atomic E-state index is 0.355. The van der Waals surface area contributed by atoms with Gasteiger partial charge in [0.25, 0.3) is 0 Å². The van der Waals surface area contributed by atoms with Crippen molar-refractivity contribution in [2.75, 3.05) is 13.7 Å². The first kappa shape index (κ1) is 13.1. The van der Waals surface area contributed by atoms with Gasteiger partial charge in [0.05, 0.1) is 18.0 Å². The molecule has 0 spiro atoms. The first-order chi connectivity index (χ1) is 7.63. The maximum absolute atomic E-state index is 5.17. The second kappa shape index (κ2) is 6.55. The third kappa shape index (κ3) is 4.24. The van der Waals surface area contributed by atoms with Crippen molar-refractivity contribution in [3.05, 3.63) is 23.8 Å². The number of aromatic nitrogens is 2. The van der Waals surface area contributed by atoms with E-state index >= 15 is 0 Å². The summed E-state index contributed by atoms with van der Waals surface area (Å²) in [6.45, 7) is 7.75. The van der Waals surface area contributed by atoms with Crippen LogP contribution in [0.4, 0.5) is 0 Å². The smallest absolute Gasteiger partial charge is 0.0724 e. The van der Waals surface area contributed by atoms with Crippen molar-refractivity contribution in [2.24, 2.45) is 5.92 Å². The number of rotatable bonds is 6. The van der Waals surface area contributed by atoms with Gasteiger partial charge in [-0.3, -0.25) is 9.97 Å². The predicted octanol–water partition coefficient (Wildman–Crippen LogP) is 1.55. The average molecular weight is 223 g/mol. The standard InChI is InChI=1S/C12H21N3O/c1-9(2)12(8-16-4)15-7-11-6-13-10(3)5-14-11/h5-6,9,12,15H,7-8H2,1-4H3. The molecule has 16 heavy (non-hydrogen) atoms. The van der Waals surface area contributed by atoms with Crippen molar-refractivity contribution in [1.82, 2.24) is 15.3 Å². The van der Waals surface area contributed by atoms with Crippen molar-refractivity contribution in [3.63, 3.8) is 0 Å². The number of nitrogens with one attached hydrogen (secondary N) is 1. The average Bonchev–Trinajstić information content (AvgIpc) is 2.26. The molecule has 0 bridgehead atoms. The summed E-state index contributed by atoms with van der Waals surface area (Å²) in [5.74, 6) is 0.540. The van der Waals surface area contributed by atoms with Gasteiger partial charge in [0.2, 0.25) is 0 Å². The first-order valence-electron chi connectivity index (χ1n) is 5.63. The van der Waals surface area contributed by atoms with Crippen molar-refractivity contribution >= 4 is 0 Å². The highest BCUT2D eigenvalue weighted by atomic mass is 16.5. The van der Waals surface area contributed by atoms with Crippen LogP contribution < -0.4 is 5.32 Å². The molecule has 1 unspecified atom stereocenters. The van der Waals surface area contributed by atoms with E-state index in [-0.39, 0.29) is 0 Å². The van der Waals surface area contributed by atoms with Gasteiger partial charge in [-0.25, -0.2) is 0 Å². The second-order valence-corrected chi connectivity index (χ2v) is 4.34. The molecule has 1 N–H and O–H groups in total. The summed E-state index contributed by atoms with van der Waals surface area (Å²) in [4.78, 5) is 8.52. The van der Waals surface area contributed by atoms with Crippen LogP contribution in [-0.4, -0.2) is 29.7 Å². The number of ether oxygens (including phenoxy) is 1. The summed E-state index contributed by atoms with van der Waals surface area (Å²) >= 11 is 0. The molecule has 1 aromatic heterocycles. The summed E-state index contributed by atoms with van der Waals surface area (Å²) < 4.78 is 5.17. The first-order valence-corrected chi connectivity index (χ1v) is 5.63. The number of hydrogen-bond donors (Lipinski definition) is 1.